The maximum absolute atomic E-state index is 11.8. The Morgan fingerprint density at radius 3 is 2.78 bits per heavy atom. The minimum atomic E-state index is -0.354. The van der Waals surface area contributed by atoms with E-state index in [0.717, 1.165) is 11.3 Å². The Morgan fingerprint density at radius 2 is 2.09 bits per heavy atom. The summed E-state index contributed by atoms with van der Waals surface area (Å²) < 4.78 is 9.97. The van der Waals surface area contributed by atoms with Gasteiger partial charge in [-0.05, 0) is 31.0 Å². The van der Waals surface area contributed by atoms with Gasteiger partial charge in [0.2, 0.25) is 11.8 Å². The topological polar surface area (TPSA) is 93.5 Å². The van der Waals surface area contributed by atoms with Crippen LogP contribution in [-0.2, 0) is 16.0 Å². The van der Waals surface area contributed by atoms with Gasteiger partial charge in [0.1, 0.15) is 11.5 Å². The third kappa shape index (κ3) is 5.46. The maximum atomic E-state index is 11.8. The van der Waals surface area contributed by atoms with Gasteiger partial charge in [-0.25, -0.2) is 0 Å². The van der Waals surface area contributed by atoms with Gasteiger partial charge in [-0.15, -0.1) is 0 Å². The van der Waals surface area contributed by atoms with E-state index in [4.69, 9.17) is 9.26 Å². The fraction of sp³-hybridized carbons (Fsp3) is 0.312. The van der Waals surface area contributed by atoms with Crippen molar-refractivity contribution in [3.8, 4) is 5.75 Å². The number of anilines is 1. The average molecular weight is 317 g/mol. The van der Waals surface area contributed by atoms with Crippen LogP contribution in [0.1, 0.15) is 17.7 Å². The molecule has 1 aromatic carbocycles. The third-order valence-corrected chi connectivity index (χ3v) is 3.12. The molecule has 0 saturated heterocycles. The predicted octanol–water partition coefficient (Wildman–Crippen LogP) is 1.68. The van der Waals surface area contributed by atoms with Crippen molar-refractivity contribution >= 4 is 17.6 Å². The number of hydrogen-bond donors (Lipinski definition) is 2. The Balaban J connectivity index is 1.71. The van der Waals surface area contributed by atoms with Crippen LogP contribution in [0, 0.1) is 6.92 Å². The first-order chi connectivity index (χ1) is 11.1. The molecule has 0 saturated carbocycles. The van der Waals surface area contributed by atoms with Crippen LogP contribution >= 0.6 is 0 Å². The molecule has 0 atom stereocenters. The molecule has 0 aliphatic carbocycles. The van der Waals surface area contributed by atoms with E-state index >= 15 is 0 Å². The lowest BCUT2D eigenvalue weighted by molar-refractivity contribution is -0.124. The summed E-state index contributed by atoms with van der Waals surface area (Å²) in [4.78, 5) is 23.4. The number of aryl methyl sites for hydroxylation is 2. The molecule has 7 heteroatoms. The van der Waals surface area contributed by atoms with Crippen LogP contribution in [0.15, 0.2) is 34.9 Å². The second-order valence-corrected chi connectivity index (χ2v) is 5.00. The van der Waals surface area contributed by atoms with Crippen LogP contribution < -0.4 is 15.4 Å². The molecule has 2 amide bonds. The molecular formula is C16H19N3O4. The largest absolute Gasteiger partial charge is 0.497 e. The molecule has 23 heavy (non-hydrogen) atoms. The molecule has 122 valence electrons. The Hall–Kier alpha value is -2.83. The van der Waals surface area contributed by atoms with E-state index in [2.05, 4.69) is 15.8 Å². The minimum absolute atomic E-state index is 0.108. The van der Waals surface area contributed by atoms with E-state index in [1.165, 1.54) is 0 Å². The number of rotatable bonds is 7. The molecule has 2 aromatic rings. The van der Waals surface area contributed by atoms with E-state index in [9.17, 15) is 9.59 Å². The summed E-state index contributed by atoms with van der Waals surface area (Å²) in [5, 5.41) is 8.74. The predicted molar refractivity (Wildman–Crippen MR) is 84.2 cm³/mol. The van der Waals surface area contributed by atoms with Gasteiger partial charge in [-0.2, -0.15) is 0 Å². The lowest BCUT2D eigenvalue weighted by Crippen LogP contribution is -2.33. The van der Waals surface area contributed by atoms with Gasteiger partial charge in [0.05, 0.1) is 13.7 Å². The van der Waals surface area contributed by atoms with Gasteiger partial charge in [0.25, 0.3) is 0 Å². The Kier molecular flexibility index (Phi) is 5.74. The first-order valence-corrected chi connectivity index (χ1v) is 7.19. The van der Waals surface area contributed by atoms with Crippen molar-refractivity contribution in [1.82, 2.24) is 10.5 Å². The van der Waals surface area contributed by atoms with Crippen molar-refractivity contribution in [2.75, 3.05) is 19.0 Å². The lowest BCUT2D eigenvalue weighted by atomic mass is 10.1. The van der Waals surface area contributed by atoms with Gasteiger partial charge in [-0.3, -0.25) is 9.59 Å². The van der Waals surface area contributed by atoms with E-state index < -0.39 is 0 Å². The Bertz CT molecular complexity index is 681. The fourth-order valence-corrected chi connectivity index (χ4v) is 1.97. The molecule has 0 fully saturated rings. The smallest absolute Gasteiger partial charge is 0.245 e. The molecule has 0 aliphatic heterocycles. The zero-order chi connectivity index (χ0) is 16.7. The summed E-state index contributed by atoms with van der Waals surface area (Å²) >= 11 is 0. The van der Waals surface area contributed by atoms with E-state index in [-0.39, 0.29) is 18.4 Å². The normalized spacial score (nSPS) is 10.2. The average Bonchev–Trinajstić information content (AvgIpc) is 2.96. The van der Waals surface area contributed by atoms with Crippen LogP contribution in [0.25, 0.3) is 0 Å². The summed E-state index contributed by atoms with van der Waals surface area (Å²) in [6.07, 6.45) is 0.872. The number of benzene rings is 1. The van der Waals surface area contributed by atoms with E-state index in [0.29, 0.717) is 24.4 Å². The van der Waals surface area contributed by atoms with Crippen molar-refractivity contribution < 1.29 is 18.8 Å². The molecule has 1 aromatic heterocycles. The summed E-state index contributed by atoms with van der Waals surface area (Å²) in [5.41, 5.74) is 1.00. The van der Waals surface area contributed by atoms with Gasteiger partial charge >= 0.3 is 0 Å². The Labute approximate surface area is 134 Å². The fourth-order valence-electron chi connectivity index (χ4n) is 1.97. The van der Waals surface area contributed by atoms with Crippen LogP contribution in [0.3, 0.4) is 0 Å². The van der Waals surface area contributed by atoms with Crippen molar-refractivity contribution in [2.24, 2.45) is 0 Å². The number of methoxy groups -OCH3 is 1. The zero-order valence-electron chi connectivity index (χ0n) is 13.1. The number of aromatic nitrogens is 1. The van der Waals surface area contributed by atoms with Gasteiger partial charge in [0.15, 0.2) is 5.82 Å². The highest BCUT2D eigenvalue weighted by molar-refractivity contribution is 5.93. The number of nitrogens with one attached hydrogen (secondary N) is 2. The molecule has 0 unspecified atom stereocenters. The quantitative estimate of drug-likeness (QED) is 0.810. The summed E-state index contributed by atoms with van der Waals surface area (Å²) in [5.74, 6) is 1.14. The molecule has 0 bridgehead atoms. The molecule has 0 aliphatic rings. The number of carbonyl (C=O) groups excluding carboxylic acids is 2. The van der Waals surface area contributed by atoms with E-state index in [1.807, 2.05) is 24.3 Å². The monoisotopic (exact) mass is 317 g/mol. The highest BCUT2D eigenvalue weighted by atomic mass is 16.5. The second-order valence-electron chi connectivity index (χ2n) is 5.00. The molecule has 2 rings (SSSR count). The zero-order valence-corrected chi connectivity index (χ0v) is 13.1. The highest BCUT2D eigenvalue weighted by Crippen LogP contribution is 2.13. The SMILES string of the molecule is COc1cccc(CCC(=O)NCC(=O)Nc2cc(C)on2)c1. The number of carbonyl (C=O) groups is 2. The first-order valence-electron chi connectivity index (χ1n) is 7.19. The molecule has 0 radical (unpaired) electrons. The summed E-state index contributed by atoms with van der Waals surface area (Å²) in [7, 11) is 1.60. The molecule has 1 heterocycles. The van der Waals surface area contributed by atoms with Crippen LogP contribution in [0.4, 0.5) is 5.82 Å². The third-order valence-electron chi connectivity index (χ3n) is 3.12. The number of amides is 2. The van der Waals surface area contributed by atoms with Crippen molar-refractivity contribution in [3.63, 3.8) is 0 Å². The first kappa shape index (κ1) is 16.5. The highest BCUT2D eigenvalue weighted by Gasteiger charge is 2.08. The van der Waals surface area contributed by atoms with Crippen molar-refractivity contribution in [2.45, 2.75) is 19.8 Å². The van der Waals surface area contributed by atoms with Gasteiger partial charge < -0.3 is 19.9 Å². The molecule has 2 N–H and O–H groups in total. The van der Waals surface area contributed by atoms with Crippen LogP contribution in [0.2, 0.25) is 0 Å². The minimum Gasteiger partial charge on any atom is -0.497 e. The number of ether oxygens (including phenoxy) is 1. The molecular weight excluding hydrogens is 298 g/mol. The molecule has 7 nitrogen and oxygen atoms in total. The van der Waals surface area contributed by atoms with Crippen LogP contribution in [0.5, 0.6) is 5.75 Å². The van der Waals surface area contributed by atoms with Gasteiger partial charge in [-0.1, -0.05) is 17.3 Å². The van der Waals surface area contributed by atoms with Crippen LogP contribution in [-0.4, -0.2) is 30.6 Å². The summed E-state index contributed by atoms with van der Waals surface area (Å²) in [6.45, 7) is 1.62. The standard InChI is InChI=1S/C16H19N3O4/c1-11-8-14(19-23-11)18-16(21)10-17-15(20)7-6-12-4-3-5-13(9-12)22-2/h3-5,8-9H,6-7,10H2,1-2H3,(H,17,20)(H,18,19,21). The summed E-state index contributed by atoms with van der Waals surface area (Å²) in [6, 6.07) is 9.13. The Morgan fingerprint density at radius 1 is 1.26 bits per heavy atom. The van der Waals surface area contributed by atoms with Gasteiger partial charge in [0, 0.05) is 12.5 Å². The number of hydrogen-bond acceptors (Lipinski definition) is 5. The number of nitrogens with zero attached hydrogens (tertiary/aromatic N) is 1. The lowest BCUT2D eigenvalue weighted by Gasteiger charge is -2.06. The molecule has 0 spiro atoms. The van der Waals surface area contributed by atoms with Crippen molar-refractivity contribution in [1.29, 1.82) is 0 Å². The van der Waals surface area contributed by atoms with E-state index in [1.54, 1.807) is 20.1 Å². The maximum Gasteiger partial charge on any atom is 0.245 e. The second kappa shape index (κ2) is 7.98. The van der Waals surface area contributed by atoms with Crippen molar-refractivity contribution in [3.05, 3.63) is 41.7 Å².